The Labute approximate surface area is 142 Å². The average Bonchev–Trinajstić information content (AvgIpc) is 2.41. The first kappa shape index (κ1) is 21.8. The summed E-state index contributed by atoms with van der Waals surface area (Å²) in [4.78, 5) is 11.6. The smallest absolute Gasteiger partial charge is 0.319 e. The fourth-order valence-electron chi connectivity index (χ4n) is 2.56. The molecular weight excluding hydrogens is 292 g/mol. The van der Waals surface area contributed by atoms with Crippen molar-refractivity contribution in [2.24, 2.45) is 11.8 Å². The zero-order valence-corrected chi connectivity index (χ0v) is 16.3. The molecule has 0 aliphatic rings. The highest BCUT2D eigenvalue weighted by atomic mass is 32.2. The third kappa shape index (κ3) is 11.4. The zero-order valence-electron chi connectivity index (χ0n) is 15.5. The van der Waals surface area contributed by atoms with E-state index in [1.54, 1.807) is 11.8 Å². The monoisotopic (exact) mass is 330 g/mol. The molecule has 0 fully saturated rings. The average molecular weight is 331 g/mol. The van der Waals surface area contributed by atoms with Crippen molar-refractivity contribution in [1.82, 2.24) is 0 Å². The Morgan fingerprint density at radius 3 is 1.86 bits per heavy atom. The summed E-state index contributed by atoms with van der Waals surface area (Å²) in [5.74, 6) is 1.88. The van der Waals surface area contributed by atoms with Gasteiger partial charge in [0.2, 0.25) is 0 Å². The van der Waals surface area contributed by atoms with Crippen LogP contribution in [0, 0.1) is 11.8 Å². The minimum Gasteiger partial charge on any atom is -0.480 e. The van der Waals surface area contributed by atoms with Gasteiger partial charge in [-0.15, -0.1) is 11.8 Å². The van der Waals surface area contributed by atoms with Gasteiger partial charge in [0.15, 0.2) is 0 Å². The summed E-state index contributed by atoms with van der Waals surface area (Å²) in [5, 5.41) is 9.53. The molecule has 2 nitrogen and oxygen atoms in total. The lowest BCUT2D eigenvalue weighted by molar-refractivity contribution is -0.139. The number of carbonyl (C=O) groups is 1. The fourth-order valence-corrected chi connectivity index (χ4v) is 3.77. The molecule has 1 atom stereocenters. The molecule has 0 spiro atoms. The molecule has 1 unspecified atom stereocenters. The second-order valence-corrected chi connectivity index (χ2v) is 9.22. The van der Waals surface area contributed by atoms with Crippen LogP contribution in [0.3, 0.4) is 0 Å². The van der Waals surface area contributed by atoms with Gasteiger partial charge in [0.05, 0.1) is 0 Å². The Balaban J connectivity index is 3.88. The van der Waals surface area contributed by atoms with Crippen molar-refractivity contribution in [2.45, 2.75) is 97.2 Å². The molecule has 22 heavy (non-hydrogen) atoms. The fraction of sp³-hybridized carbons (Fsp3) is 0.947. The summed E-state index contributed by atoms with van der Waals surface area (Å²) in [6.07, 6.45) is 10.4. The summed E-state index contributed by atoms with van der Waals surface area (Å²) >= 11 is 1.66. The van der Waals surface area contributed by atoms with Crippen molar-refractivity contribution >= 4 is 17.7 Å². The number of unbranched alkanes of at least 4 members (excludes halogenated alkanes) is 4. The van der Waals surface area contributed by atoms with Gasteiger partial charge in [0, 0.05) is 0 Å². The first-order valence-electron chi connectivity index (χ1n) is 9.15. The van der Waals surface area contributed by atoms with Gasteiger partial charge in [0.25, 0.3) is 0 Å². The lowest BCUT2D eigenvalue weighted by atomic mass is 9.99. The molecule has 0 bridgehead atoms. The van der Waals surface area contributed by atoms with Crippen molar-refractivity contribution in [3.8, 4) is 0 Å². The SMILES string of the molecule is CC(C)CCCCCSC(C)(CCCCCC(C)C)C(=O)O. The molecular formula is C19H38O2S. The molecule has 0 aliphatic heterocycles. The first-order chi connectivity index (χ1) is 10.3. The van der Waals surface area contributed by atoms with Crippen LogP contribution in [-0.4, -0.2) is 21.6 Å². The van der Waals surface area contributed by atoms with Gasteiger partial charge in [-0.3, -0.25) is 4.79 Å². The minimum atomic E-state index is -0.636. The predicted molar refractivity (Wildman–Crippen MR) is 99.7 cm³/mol. The summed E-state index contributed by atoms with van der Waals surface area (Å²) in [6.45, 7) is 10.9. The van der Waals surface area contributed by atoms with Crippen LogP contribution >= 0.6 is 11.8 Å². The standard InChI is InChI=1S/C19H38O2S/c1-16(2)12-8-6-10-14-19(5,18(20)21)22-15-11-7-9-13-17(3)4/h16-17H,6-15H2,1-5H3,(H,20,21). The van der Waals surface area contributed by atoms with E-state index in [-0.39, 0.29) is 0 Å². The third-order valence-corrected chi connectivity index (χ3v) is 5.74. The van der Waals surface area contributed by atoms with E-state index in [9.17, 15) is 9.90 Å². The van der Waals surface area contributed by atoms with Crippen molar-refractivity contribution in [3.05, 3.63) is 0 Å². The van der Waals surface area contributed by atoms with Crippen molar-refractivity contribution in [3.63, 3.8) is 0 Å². The largest absolute Gasteiger partial charge is 0.480 e. The van der Waals surface area contributed by atoms with Crippen molar-refractivity contribution < 1.29 is 9.90 Å². The minimum absolute atomic E-state index is 0.587. The quantitative estimate of drug-likeness (QED) is 0.375. The van der Waals surface area contributed by atoms with E-state index in [0.29, 0.717) is 0 Å². The predicted octanol–water partition coefficient (Wildman–Crippen LogP) is 6.39. The molecule has 0 aliphatic carbocycles. The molecule has 0 heterocycles. The molecule has 0 rings (SSSR count). The van der Waals surface area contributed by atoms with Crippen LogP contribution in [0.5, 0.6) is 0 Å². The molecule has 3 heteroatoms. The van der Waals surface area contributed by atoms with E-state index >= 15 is 0 Å². The van der Waals surface area contributed by atoms with Crippen LogP contribution in [-0.2, 0) is 4.79 Å². The number of aliphatic carboxylic acids is 1. The Bertz CT molecular complexity index is 289. The molecule has 0 aromatic rings. The van der Waals surface area contributed by atoms with Crippen LogP contribution in [0.4, 0.5) is 0 Å². The van der Waals surface area contributed by atoms with Gasteiger partial charge in [-0.05, 0) is 37.4 Å². The Morgan fingerprint density at radius 2 is 1.41 bits per heavy atom. The normalized spacial score (nSPS) is 14.5. The maximum atomic E-state index is 11.6. The maximum absolute atomic E-state index is 11.6. The summed E-state index contributed by atoms with van der Waals surface area (Å²) < 4.78 is -0.587. The Morgan fingerprint density at radius 1 is 0.909 bits per heavy atom. The van der Waals surface area contributed by atoms with E-state index in [1.807, 2.05) is 6.92 Å². The number of hydrogen-bond donors (Lipinski definition) is 1. The second kappa shape index (κ2) is 12.3. The van der Waals surface area contributed by atoms with Gasteiger partial charge in [-0.2, -0.15) is 0 Å². The molecule has 0 amide bonds. The first-order valence-corrected chi connectivity index (χ1v) is 10.1. The van der Waals surface area contributed by atoms with Crippen LogP contribution in [0.2, 0.25) is 0 Å². The van der Waals surface area contributed by atoms with Gasteiger partial charge in [-0.25, -0.2) is 0 Å². The number of hydrogen-bond acceptors (Lipinski definition) is 2. The topological polar surface area (TPSA) is 37.3 Å². The zero-order chi connectivity index (χ0) is 17.0. The number of carboxylic acids is 1. The molecule has 0 saturated carbocycles. The van der Waals surface area contributed by atoms with Crippen molar-refractivity contribution in [1.29, 1.82) is 0 Å². The number of thioether (sulfide) groups is 1. The summed E-state index contributed by atoms with van der Waals surface area (Å²) in [5.41, 5.74) is 0. The highest BCUT2D eigenvalue weighted by Crippen LogP contribution is 2.32. The maximum Gasteiger partial charge on any atom is 0.319 e. The van der Waals surface area contributed by atoms with Gasteiger partial charge in [0.1, 0.15) is 4.75 Å². The highest BCUT2D eigenvalue weighted by molar-refractivity contribution is 8.01. The highest BCUT2D eigenvalue weighted by Gasteiger charge is 2.32. The van der Waals surface area contributed by atoms with Crippen LogP contribution in [0.1, 0.15) is 92.4 Å². The molecule has 0 saturated heterocycles. The van der Waals surface area contributed by atoms with E-state index in [1.165, 1.54) is 32.1 Å². The lowest BCUT2D eigenvalue weighted by Crippen LogP contribution is -2.31. The van der Waals surface area contributed by atoms with E-state index in [2.05, 4.69) is 27.7 Å². The van der Waals surface area contributed by atoms with Crippen LogP contribution in [0.25, 0.3) is 0 Å². The second-order valence-electron chi connectivity index (χ2n) is 7.62. The Kier molecular flexibility index (Phi) is 12.2. The van der Waals surface area contributed by atoms with Gasteiger partial charge in [-0.1, -0.05) is 72.6 Å². The van der Waals surface area contributed by atoms with Gasteiger partial charge >= 0.3 is 5.97 Å². The summed E-state index contributed by atoms with van der Waals surface area (Å²) in [6, 6.07) is 0. The Hall–Kier alpha value is -0.180. The molecule has 1 N–H and O–H groups in total. The van der Waals surface area contributed by atoms with E-state index < -0.39 is 10.7 Å². The molecule has 132 valence electrons. The van der Waals surface area contributed by atoms with Gasteiger partial charge < -0.3 is 5.11 Å². The molecule has 0 aromatic heterocycles. The van der Waals surface area contributed by atoms with Crippen molar-refractivity contribution in [2.75, 3.05) is 5.75 Å². The van der Waals surface area contributed by atoms with Crippen LogP contribution in [0.15, 0.2) is 0 Å². The number of rotatable bonds is 14. The molecule has 0 aromatic carbocycles. The molecule has 0 radical (unpaired) electrons. The lowest BCUT2D eigenvalue weighted by Gasteiger charge is -2.24. The van der Waals surface area contributed by atoms with Crippen LogP contribution < -0.4 is 0 Å². The summed E-state index contributed by atoms with van der Waals surface area (Å²) in [7, 11) is 0. The van der Waals surface area contributed by atoms with E-state index in [0.717, 1.165) is 43.3 Å². The van der Waals surface area contributed by atoms with E-state index in [4.69, 9.17) is 0 Å². The number of carboxylic acid groups (broad SMARTS) is 1. The third-order valence-electron chi connectivity index (χ3n) is 4.23.